The summed E-state index contributed by atoms with van der Waals surface area (Å²) in [5, 5.41) is 8.09. The number of anilines is 1. The van der Waals surface area contributed by atoms with Gasteiger partial charge in [-0.15, -0.1) is 0 Å². The van der Waals surface area contributed by atoms with Crippen LogP contribution in [-0.2, 0) is 5.41 Å². The molecule has 3 N–H and O–H groups in total. The Bertz CT molecular complexity index is 607. The van der Waals surface area contributed by atoms with Gasteiger partial charge in [0.15, 0.2) is 5.82 Å². The van der Waals surface area contributed by atoms with E-state index in [1.165, 1.54) is 0 Å². The van der Waals surface area contributed by atoms with Crippen molar-refractivity contribution >= 4 is 11.3 Å². The SMILES string of the molecule is CC(C)(CCN)CNc1nccn2nc(C(C)(C)C)cc12. The van der Waals surface area contributed by atoms with E-state index in [0.717, 1.165) is 30.0 Å². The Hall–Kier alpha value is -1.62. The number of hydrogen-bond donors (Lipinski definition) is 2. The van der Waals surface area contributed by atoms with Gasteiger partial charge in [0.2, 0.25) is 0 Å². The molecule has 0 unspecified atom stereocenters. The predicted molar refractivity (Wildman–Crippen MR) is 87.6 cm³/mol. The molecule has 0 atom stereocenters. The second-order valence-electron chi connectivity index (χ2n) is 7.44. The van der Waals surface area contributed by atoms with Crippen molar-refractivity contribution in [1.29, 1.82) is 0 Å². The van der Waals surface area contributed by atoms with E-state index in [9.17, 15) is 0 Å². The lowest BCUT2D eigenvalue weighted by atomic mass is 9.89. The van der Waals surface area contributed by atoms with Crippen LogP contribution in [0.2, 0.25) is 0 Å². The highest BCUT2D eigenvalue weighted by atomic mass is 15.2. The highest BCUT2D eigenvalue weighted by Gasteiger charge is 2.20. The number of nitrogens with two attached hydrogens (primary N) is 1. The molecule has 0 bridgehead atoms. The van der Waals surface area contributed by atoms with Gasteiger partial charge in [-0.2, -0.15) is 5.10 Å². The van der Waals surface area contributed by atoms with E-state index < -0.39 is 0 Å². The first-order valence-corrected chi connectivity index (χ1v) is 7.52. The molecule has 0 saturated carbocycles. The number of rotatable bonds is 5. The average Bonchev–Trinajstić information content (AvgIpc) is 2.80. The summed E-state index contributed by atoms with van der Waals surface area (Å²) in [7, 11) is 0. The molecular weight excluding hydrogens is 262 g/mol. The van der Waals surface area contributed by atoms with Gasteiger partial charge >= 0.3 is 0 Å². The minimum Gasteiger partial charge on any atom is -0.368 e. The second-order valence-corrected chi connectivity index (χ2v) is 7.44. The van der Waals surface area contributed by atoms with E-state index in [4.69, 9.17) is 5.73 Å². The van der Waals surface area contributed by atoms with Gasteiger partial charge in [-0.1, -0.05) is 34.6 Å². The van der Waals surface area contributed by atoms with E-state index in [1.54, 1.807) is 6.20 Å². The highest BCUT2D eigenvalue weighted by molar-refractivity contribution is 5.68. The maximum absolute atomic E-state index is 5.67. The second kappa shape index (κ2) is 5.64. The van der Waals surface area contributed by atoms with Crippen LogP contribution in [0, 0.1) is 5.41 Å². The lowest BCUT2D eigenvalue weighted by Crippen LogP contribution is -2.26. The number of nitrogens with zero attached hydrogens (tertiary/aromatic N) is 3. The highest BCUT2D eigenvalue weighted by Crippen LogP contribution is 2.26. The van der Waals surface area contributed by atoms with Gasteiger partial charge in [0.05, 0.1) is 5.69 Å². The first-order chi connectivity index (χ1) is 9.73. The molecule has 0 amide bonds. The quantitative estimate of drug-likeness (QED) is 0.888. The fourth-order valence-electron chi connectivity index (χ4n) is 2.23. The third-order valence-electron chi connectivity index (χ3n) is 3.71. The Labute approximate surface area is 126 Å². The summed E-state index contributed by atoms with van der Waals surface area (Å²) in [5.74, 6) is 0.880. The Morgan fingerprint density at radius 2 is 1.95 bits per heavy atom. The zero-order valence-corrected chi connectivity index (χ0v) is 13.8. The van der Waals surface area contributed by atoms with Crippen molar-refractivity contribution in [2.75, 3.05) is 18.4 Å². The molecule has 0 aliphatic carbocycles. The molecule has 0 saturated heterocycles. The molecule has 5 nitrogen and oxygen atoms in total. The molecule has 2 heterocycles. The molecule has 0 aromatic carbocycles. The van der Waals surface area contributed by atoms with Gasteiger partial charge in [-0.25, -0.2) is 9.50 Å². The van der Waals surface area contributed by atoms with Crippen LogP contribution in [0.25, 0.3) is 5.52 Å². The third kappa shape index (κ3) is 3.73. The molecule has 116 valence electrons. The van der Waals surface area contributed by atoms with Crippen LogP contribution in [0.3, 0.4) is 0 Å². The van der Waals surface area contributed by atoms with Crippen molar-refractivity contribution in [2.45, 2.75) is 46.5 Å². The molecule has 2 rings (SSSR count). The normalized spacial score (nSPS) is 12.9. The lowest BCUT2D eigenvalue weighted by molar-refractivity contribution is 0.365. The summed E-state index contributed by atoms with van der Waals surface area (Å²) in [4.78, 5) is 4.46. The summed E-state index contributed by atoms with van der Waals surface area (Å²) in [6.45, 7) is 12.5. The molecule has 0 radical (unpaired) electrons. The topological polar surface area (TPSA) is 68.2 Å². The fourth-order valence-corrected chi connectivity index (χ4v) is 2.23. The maximum atomic E-state index is 5.67. The smallest absolute Gasteiger partial charge is 0.152 e. The van der Waals surface area contributed by atoms with Crippen LogP contribution in [-0.4, -0.2) is 27.7 Å². The molecule has 2 aromatic heterocycles. The summed E-state index contributed by atoms with van der Waals surface area (Å²) < 4.78 is 1.89. The van der Waals surface area contributed by atoms with Gasteiger partial charge in [-0.3, -0.25) is 0 Å². The average molecular weight is 289 g/mol. The molecule has 0 fully saturated rings. The number of nitrogens with one attached hydrogen (secondary N) is 1. The molecule has 5 heteroatoms. The van der Waals surface area contributed by atoms with E-state index in [0.29, 0.717) is 6.54 Å². The van der Waals surface area contributed by atoms with Crippen molar-refractivity contribution in [3.05, 3.63) is 24.2 Å². The van der Waals surface area contributed by atoms with Crippen LogP contribution >= 0.6 is 0 Å². The van der Waals surface area contributed by atoms with E-state index in [1.807, 2.05) is 10.7 Å². The molecule has 0 aliphatic heterocycles. The first-order valence-electron chi connectivity index (χ1n) is 7.52. The predicted octanol–water partition coefficient (Wildman–Crippen LogP) is 2.81. The van der Waals surface area contributed by atoms with Crippen molar-refractivity contribution in [3.8, 4) is 0 Å². The summed E-state index contributed by atoms with van der Waals surface area (Å²) in [6, 6.07) is 2.12. The van der Waals surface area contributed by atoms with Gasteiger partial charge in [0, 0.05) is 24.4 Å². The van der Waals surface area contributed by atoms with E-state index in [-0.39, 0.29) is 10.8 Å². The standard InChI is InChI=1S/C16H27N5/c1-15(2,3)13-10-12-14(18-8-9-21(12)20-13)19-11-16(4,5)6-7-17/h8-10H,6-7,11,17H2,1-5H3,(H,18,19). The summed E-state index contributed by atoms with van der Waals surface area (Å²) >= 11 is 0. The Morgan fingerprint density at radius 3 is 2.57 bits per heavy atom. The molecular formula is C16H27N5. The molecule has 0 aliphatic rings. The maximum Gasteiger partial charge on any atom is 0.152 e. The monoisotopic (exact) mass is 289 g/mol. The number of aromatic nitrogens is 3. The van der Waals surface area contributed by atoms with Crippen molar-refractivity contribution < 1.29 is 0 Å². The Morgan fingerprint density at radius 1 is 1.24 bits per heavy atom. The van der Waals surface area contributed by atoms with Crippen LogP contribution in [0.15, 0.2) is 18.5 Å². The van der Waals surface area contributed by atoms with Crippen LogP contribution in [0.4, 0.5) is 5.82 Å². The third-order valence-corrected chi connectivity index (χ3v) is 3.71. The van der Waals surface area contributed by atoms with Gasteiger partial charge in [0.25, 0.3) is 0 Å². The van der Waals surface area contributed by atoms with Gasteiger partial charge in [0.1, 0.15) is 5.52 Å². The molecule has 21 heavy (non-hydrogen) atoms. The van der Waals surface area contributed by atoms with Crippen molar-refractivity contribution in [3.63, 3.8) is 0 Å². The van der Waals surface area contributed by atoms with Crippen molar-refractivity contribution in [2.24, 2.45) is 11.1 Å². The Balaban J connectivity index is 2.26. The van der Waals surface area contributed by atoms with Crippen LogP contribution in [0.5, 0.6) is 0 Å². The minimum atomic E-state index is 0.0299. The number of fused-ring (bicyclic) bond motifs is 1. The molecule has 2 aromatic rings. The van der Waals surface area contributed by atoms with E-state index >= 15 is 0 Å². The zero-order valence-electron chi connectivity index (χ0n) is 13.8. The van der Waals surface area contributed by atoms with E-state index in [2.05, 4.69) is 56.1 Å². The lowest BCUT2D eigenvalue weighted by Gasteiger charge is -2.24. The summed E-state index contributed by atoms with van der Waals surface area (Å²) in [6.07, 6.45) is 4.65. The first kappa shape index (κ1) is 15.8. The van der Waals surface area contributed by atoms with Crippen LogP contribution < -0.4 is 11.1 Å². The zero-order chi connectivity index (χ0) is 15.7. The minimum absolute atomic E-state index is 0.0299. The fraction of sp³-hybridized carbons (Fsp3) is 0.625. The van der Waals surface area contributed by atoms with Gasteiger partial charge < -0.3 is 11.1 Å². The summed E-state index contributed by atoms with van der Waals surface area (Å²) in [5.41, 5.74) is 7.94. The molecule has 0 spiro atoms. The number of hydrogen-bond acceptors (Lipinski definition) is 4. The van der Waals surface area contributed by atoms with Crippen LogP contribution in [0.1, 0.15) is 46.7 Å². The Kier molecular flexibility index (Phi) is 4.23. The van der Waals surface area contributed by atoms with Crippen molar-refractivity contribution in [1.82, 2.24) is 14.6 Å². The largest absolute Gasteiger partial charge is 0.368 e. The van der Waals surface area contributed by atoms with Gasteiger partial charge in [-0.05, 0) is 24.4 Å².